The van der Waals surface area contributed by atoms with Crippen molar-refractivity contribution in [2.45, 2.75) is 18.8 Å². The fourth-order valence-electron chi connectivity index (χ4n) is 3.90. The second-order valence-electron chi connectivity index (χ2n) is 7.42. The molecule has 1 aromatic carbocycles. The van der Waals surface area contributed by atoms with Gasteiger partial charge in [-0.25, -0.2) is 4.98 Å². The van der Waals surface area contributed by atoms with Crippen LogP contribution < -0.4 is 5.56 Å². The molecule has 0 saturated carbocycles. The van der Waals surface area contributed by atoms with Gasteiger partial charge in [0.1, 0.15) is 0 Å². The lowest BCUT2D eigenvalue weighted by Gasteiger charge is -2.27. The molecule has 0 N–H and O–H groups in total. The van der Waals surface area contributed by atoms with E-state index in [1.54, 1.807) is 26.6 Å². The van der Waals surface area contributed by atoms with E-state index in [-0.39, 0.29) is 5.56 Å². The molecule has 0 spiro atoms. The van der Waals surface area contributed by atoms with Crippen LogP contribution in [0.2, 0.25) is 0 Å². The van der Waals surface area contributed by atoms with Gasteiger partial charge >= 0.3 is 0 Å². The van der Waals surface area contributed by atoms with Gasteiger partial charge in [0.15, 0.2) is 4.96 Å². The number of nitrogens with zero attached hydrogens (tertiary/aromatic N) is 5. The average Bonchev–Trinajstić information content (AvgIpc) is 3.25. The Hall–Kier alpha value is -2.51. The molecule has 1 saturated heterocycles. The van der Waals surface area contributed by atoms with Crippen molar-refractivity contribution >= 4 is 27.2 Å². The van der Waals surface area contributed by atoms with Crippen molar-refractivity contribution in [3.63, 3.8) is 0 Å². The van der Waals surface area contributed by atoms with Crippen molar-refractivity contribution in [1.82, 2.24) is 24.1 Å². The van der Waals surface area contributed by atoms with E-state index in [0.29, 0.717) is 11.5 Å². The van der Waals surface area contributed by atoms with Crippen LogP contribution in [0.25, 0.3) is 27.0 Å². The second-order valence-corrected chi connectivity index (χ2v) is 8.46. The normalized spacial score (nSPS) is 16.5. The number of hydrogen-bond donors (Lipinski definition) is 0. The second kappa shape index (κ2) is 6.28. The minimum absolute atomic E-state index is 0.00123. The third-order valence-corrected chi connectivity index (χ3v) is 6.63. The molecular weight excluding hydrogens is 358 g/mol. The number of fused-ring (bicyclic) bond motifs is 2. The zero-order valence-electron chi connectivity index (χ0n) is 15.4. The first-order chi connectivity index (χ1) is 13.1. The van der Waals surface area contributed by atoms with Crippen molar-refractivity contribution in [2.24, 2.45) is 7.05 Å². The van der Waals surface area contributed by atoms with Crippen LogP contribution in [0.4, 0.5) is 0 Å². The van der Waals surface area contributed by atoms with Crippen LogP contribution in [-0.2, 0) is 7.05 Å². The Labute approximate surface area is 160 Å². The van der Waals surface area contributed by atoms with E-state index in [1.807, 2.05) is 37.6 Å². The van der Waals surface area contributed by atoms with E-state index in [9.17, 15) is 4.79 Å². The van der Waals surface area contributed by atoms with Gasteiger partial charge in [0.05, 0.1) is 11.1 Å². The third-order valence-electron chi connectivity index (χ3n) is 5.48. The minimum atomic E-state index is -0.00123. The van der Waals surface area contributed by atoms with Crippen molar-refractivity contribution in [1.29, 1.82) is 0 Å². The van der Waals surface area contributed by atoms with E-state index in [1.165, 1.54) is 4.88 Å². The summed E-state index contributed by atoms with van der Waals surface area (Å²) in [6, 6.07) is 5.92. The summed E-state index contributed by atoms with van der Waals surface area (Å²) in [6.45, 7) is 2.22. The lowest BCUT2D eigenvalue weighted by Crippen LogP contribution is -2.28. The summed E-state index contributed by atoms with van der Waals surface area (Å²) in [5.74, 6) is 0.530. The number of thiazole rings is 1. The predicted octanol–water partition coefficient (Wildman–Crippen LogP) is 3.12. The molecule has 0 aliphatic carbocycles. The minimum Gasteiger partial charge on any atom is -0.306 e. The molecule has 6 nitrogen and oxygen atoms in total. The van der Waals surface area contributed by atoms with Gasteiger partial charge in [-0.15, -0.1) is 11.3 Å². The van der Waals surface area contributed by atoms with Crippen molar-refractivity contribution in [3.8, 4) is 11.1 Å². The monoisotopic (exact) mass is 379 g/mol. The van der Waals surface area contributed by atoms with Gasteiger partial charge in [-0.1, -0.05) is 6.07 Å². The van der Waals surface area contributed by atoms with Crippen LogP contribution in [0.5, 0.6) is 0 Å². The highest BCUT2D eigenvalue weighted by molar-refractivity contribution is 7.17. The maximum absolute atomic E-state index is 13.1. The number of rotatable bonds is 2. The Morgan fingerprint density at radius 2 is 1.96 bits per heavy atom. The summed E-state index contributed by atoms with van der Waals surface area (Å²) < 4.78 is 3.51. The highest BCUT2D eigenvalue weighted by Gasteiger charge is 2.21. The standard InChI is InChI=1S/C20H21N5OS/c1-23-7-5-13(6-8-23)18-12-25-19(26)16(10-21-20(25)27-18)14-3-4-17-15(9-14)11-24(2)22-17/h3-4,9-13H,5-8H2,1-2H3. The zero-order valence-corrected chi connectivity index (χ0v) is 16.2. The first kappa shape index (κ1) is 16.6. The predicted molar refractivity (Wildman–Crippen MR) is 109 cm³/mol. The summed E-state index contributed by atoms with van der Waals surface area (Å²) in [5.41, 5.74) is 2.44. The summed E-state index contributed by atoms with van der Waals surface area (Å²) in [4.78, 5) is 22.1. The summed E-state index contributed by atoms with van der Waals surface area (Å²) >= 11 is 1.65. The molecule has 4 aromatic rings. The third kappa shape index (κ3) is 2.87. The van der Waals surface area contributed by atoms with Gasteiger partial charge in [-0.2, -0.15) is 5.10 Å². The van der Waals surface area contributed by atoms with Gasteiger partial charge in [0.25, 0.3) is 5.56 Å². The first-order valence-electron chi connectivity index (χ1n) is 9.22. The summed E-state index contributed by atoms with van der Waals surface area (Å²) in [6.07, 6.45) is 7.97. The molecule has 27 heavy (non-hydrogen) atoms. The lowest BCUT2D eigenvalue weighted by atomic mass is 9.96. The number of benzene rings is 1. The average molecular weight is 379 g/mol. The van der Waals surface area contributed by atoms with Crippen LogP contribution in [0.3, 0.4) is 0 Å². The van der Waals surface area contributed by atoms with Crippen LogP contribution in [0.15, 0.2) is 41.6 Å². The highest BCUT2D eigenvalue weighted by atomic mass is 32.1. The molecule has 138 valence electrons. The zero-order chi connectivity index (χ0) is 18.5. The Kier molecular flexibility index (Phi) is 3.87. The van der Waals surface area contributed by atoms with E-state index in [2.05, 4.69) is 22.0 Å². The molecule has 5 rings (SSSR count). The van der Waals surface area contributed by atoms with E-state index < -0.39 is 0 Å². The molecule has 1 fully saturated rings. The maximum Gasteiger partial charge on any atom is 0.266 e. The molecule has 0 unspecified atom stereocenters. The van der Waals surface area contributed by atoms with Gasteiger partial charge in [0, 0.05) is 35.9 Å². The van der Waals surface area contributed by atoms with Gasteiger partial charge in [0.2, 0.25) is 0 Å². The number of aryl methyl sites for hydroxylation is 1. The molecule has 7 heteroatoms. The van der Waals surface area contributed by atoms with Crippen LogP contribution in [-0.4, -0.2) is 44.2 Å². The smallest absolute Gasteiger partial charge is 0.266 e. The molecule has 1 aliphatic heterocycles. The maximum atomic E-state index is 13.1. The molecule has 0 atom stereocenters. The van der Waals surface area contributed by atoms with Gasteiger partial charge in [-0.05, 0) is 56.6 Å². The molecule has 3 aromatic heterocycles. The van der Waals surface area contributed by atoms with Crippen LogP contribution >= 0.6 is 11.3 Å². The molecule has 0 amide bonds. The fraction of sp³-hybridized carbons (Fsp3) is 0.350. The van der Waals surface area contributed by atoms with Crippen molar-refractivity contribution in [2.75, 3.05) is 20.1 Å². The Morgan fingerprint density at radius 1 is 1.15 bits per heavy atom. The van der Waals surface area contributed by atoms with Crippen molar-refractivity contribution < 1.29 is 0 Å². The lowest BCUT2D eigenvalue weighted by molar-refractivity contribution is 0.256. The molecule has 1 aliphatic rings. The Morgan fingerprint density at radius 3 is 2.78 bits per heavy atom. The Balaban J connectivity index is 1.57. The van der Waals surface area contributed by atoms with Crippen LogP contribution in [0.1, 0.15) is 23.6 Å². The van der Waals surface area contributed by atoms with E-state index in [0.717, 1.165) is 47.4 Å². The van der Waals surface area contributed by atoms with Crippen molar-refractivity contribution in [3.05, 3.63) is 52.0 Å². The molecule has 4 heterocycles. The summed E-state index contributed by atoms with van der Waals surface area (Å²) in [5, 5.41) is 5.42. The Bertz CT molecular complexity index is 1200. The number of aromatic nitrogens is 4. The fourth-order valence-corrected chi connectivity index (χ4v) is 5.01. The van der Waals surface area contributed by atoms with Crippen LogP contribution in [0, 0.1) is 0 Å². The van der Waals surface area contributed by atoms with Gasteiger partial charge in [-0.3, -0.25) is 13.9 Å². The molecular formula is C20H21N5OS. The van der Waals surface area contributed by atoms with E-state index >= 15 is 0 Å². The first-order valence-corrected chi connectivity index (χ1v) is 10.0. The van der Waals surface area contributed by atoms with E-state index in [4.69, 9.17) is 0 Å². The molecule has 0 bridgehead atoms. The number of hydrogen-bond acceptors (Lipinski definition) is 5. The topological polar surface area (TPSA) is 55.4 Å². The quantitative estimate of drug-likeness (QED) is 0.537. The highest BCUT2D eigenvalue weighted by Crippen LogP contribution is 2.32. The SMILES string of the molecule is CN1CCC(c2cn3c(=O)c(-c4ccc5nn(C)cc5c4)cnc3s2)CC1. The summed E-state index contributed by atoms with van der Waals surface area (Å²) in [7, 11) is 4.07. The number of piperidine rings is 1. The molecule has 0 radical (unpaired) electrons. The van der Waals surface area contributed by atoms with Gasteiger partial charge < -0.3 is 4.90 Å². The number of likely N-dealkylation sites (tertiary alicyclic amines) is 1. The largest absolute Gasteiger partial charge is 0.306 e.